The van der Waals surface area contributed by atoms with Crippen molar-refractivity contribution in [1.82, 2.24) is 14.8 Å². The molecule has 0 radical (unpaired) electrons. The first kappa shape index (κ1) is 15.1. The predicted octanol–water partition coefficient (Wildman–Crippen LogP) is 0.203. The zero-order valence-electron chi connectivity index (χ0n) is 13.1. The minimum atomic E-state index is -3.10. The zero-order valence-corrected chi connectivity index (χ0v) is 14.0. The number of oxazole rings is 1. The van der Waals surface area contributed by atoms with Crippen molar-refractivity contribution in [2.45, 2.75) is 38.4 Å². The molecule has 1 aliphatic carbocycles. The van der Waals surface area contributed by atoms with E-state index in [0.717, 1.165) is 18.5 Å². The van der Waals surface area contributed by atoms with Gasteiger partial charge in [-0.25, -0.2) is 13.4 Å². The van der Waals surface area contributed by atoms with Crippen molar-refractivity contribution in [2.24, 2.45) is 5.92 Å². The lowest BCUT2D eigenvalue weighted by atomic mass is 10.0. The maximum Gasteiger partial charge on any atom is 0.226 e. The largest absolute Gasteiger partial charge is 0.449 e. The quantitative estimate of drug-likeness (QED) is 0.782. The fourth-order valence-electron chi connectivity index (χ4n) is 3.75. The standard InChI is InChI=1S/C15H21N3O4S/c1-10-16-12(7-22-10)6-17-4-5-18(15(19)11-2-3-11)14-9-23(20,21)8-13(14)17/h7,11,13-14H,2-6,8-9H2,1H3/t13-,14+/m0/s1. The molecule has 1 saturated carbocycles. The first-order valence-electron chi connectivity index (χ1n) is 8.09. The van der Waals surface area contributed by atoms with Gasteiger partial charge in [-0.05, 0) is 12.8 Å². The lowest BCUT2D eigenvalue weighted by molar-refractivity contribution is -0.138. The summed E-state index contributed by atoms with van der Waals surface area (Å²) in [4.78, 5) is 20.7. The Morgan fingerprint density at radius 3 is 2.70 bits per heavy atom. The van der Waals surface area contributed by atoms with E-state index in [9.17, 15) is 13.2 Å². The van der Waals surface area contributed by atoms with Crippen LogP contribution >= 0.6 is 0 Å². The van der Waals surface area contributed by atoms with Crippen LogP contribution in [-0.4, -0.2) is 65.8 Å². The van der Waals surface area contributed by atoms with E-state index < -0.39 is 9.84 Å². The summed E-state index contributed by atoms with van der Waals surface area (Å²) in [5.74, 6) is 1.10. The first-order chi connectivity index (χ1) is 10.9. The van der Waals surface area contributed by atoms with Gasteiger partial charge in [0.25, 0.3) is 0 Å². The number of piperazine rings is 1. The van der Waals surface area contributed by atoms with Crippen LogP contribution < -0.4 is 0 Å². The fraction of sp³-hybridized carbons (Fsp3) is 0.733. The average molecular weight is 339 g/mol. The third kappa shape index (κ3) is 2.89. The maximum absolute atomic E-state index is 12.5. The highest BCUT2D eigenvalue weighted by Crippen LogP contribution is 2.35. The van der Waals surface area contributed by atoms with Gasteiger partial charge in [0.15, 0.2) is 15.7 Å². The predicted molar refractivity (Wildman–Crippen MR) is 82.3 cm³/mol. The molecule has 0 aromatic carbocycles. The van der Waals surface area contributed by atoms with E-state index in [0.29, 0.717) is 25.5 Å². The Hall–Kier alpha value is -1.41. The van der Waals surface area contributed by atoms with Crippen molar-refractivity contribution in [3.05, 3.63) is 17.8 Å². The fourth-order valence-corrected chi connectivity index (χ4v) is 5.76. The van der Waals surface area contributed by atoms with Crippen molar-refractivity contribution < 1.29 is 17.6 Å². The number of rotatable bonds is 3. The van der Waals surface area contributed by atoms with Crippen LogP contribution in [0.4, 0.5) is 0 Å². The Labute approximate surface area is 135 Å². The van der Waals surface area contributed by atoms with Gasteiger partial charge >= 0.3 is 0 Å². The molecule has 0 N–H and O–H groups in total. The molecule has 2 saturated heterocycles. The molecular formula is C15H21N3O4S. The monoisotopic (exact) mass is 339 g/mol. The van der Waals surface area contributed by atoms with E-state index in [1.165, 1.54) is 0 Å². The Balaban J connectivity index is 1.55. The molecule has 3 fully saturated rings. The number of nitrogens with zero attached hydrogens (tertiary/aromatic N) is 3. The molecule has 4 rings (SSSR count). The number of sulfone groups is 1. The van der Waals surface area contributed by atoms with Crippen LogP contribution in [0.1, 0.15) is 24.4 Å². The normalized spacial score (nSPS) is 30.4. The van der Waals surface area contributed by atoms with Gasteiger partial charge in [0.05, 0.1) is 23.2 Å². The molecule has 0 unspecified atom stereocenters. The van der Waals surface area contributed by atoms with Gasteiger partial charge in [-0.2, -0.15) is 0 Å². The Kier molecular flexibility index (Phi) is 3.49. The number of hydrogen-bond acceptors (Lipinski definition) is 6. The second-order valence-electron chi connectivity index (χ2n) is 6.85. The minimum Gasteiger partial charge on any atom is -0.449 e. The van der Waals surface area contributed by atoms with Crippen molar-refractivity contribution >= 4 is 15.7 Å². The number of hydrogen-bond donors (Lipinski definition) is 0. The van der Waals surface area contributed by atoms with Gasteiger partial charge in [0, 0.05) is 38.5 Å². The van der Waals surface area contributed by atoms with Crippen LogP contribution in [0.15, 0.2) is 10.7 Å². The molecular weight excluding hydrogens is 318 g/mol. The highest BCUT2D eigenvalue weighted by molar-refractivity contribution is 7.91. The van der Waals surface area contributed by atoms with Gasteiger partial charge < -0.3 is 9.32 Å². The molecule has 1 amide bonds. The summed E-state index contributed by atoms with van der Waals surface area (Å²) in [6, 6.07) is -0.344. The SMILES string of the molecule is Cc1nc(CN2CCN(C(=O)C3CC3)[C@@H]3CS(=O)(=O)C[C@@H]32)co1. The third-order valence-corrected chi connectivity index (χ3v) is 6.73. The van der Waals surface area contributed by atoms with E-state index in [-0.39, 0.29) is 35.4 Å². The summed E-state index contributed by atoms with van der Waals surface area (Å²) in [5.41, 5.74) is 0.813. The molecule has 0 spiro atoms. The van der Waals surface area contributed by atoms with Gasteiger partial charge in [-0.15, -0.1) is 0 Å². The molecule has 0 bridgehead atoms. The molecule has 7 nitrogen and oxygen atoms in total. The number of amides is 1. The minimum absolute atomic E-state index is 0.0878. The van der Waals surface area contributed by atoms with Crippen molar-refractivity contribution in [3.8, 4) is 0 Å². The molecule has 8 heteroatoms. The number of aryl methyl sites for hydroxylation is 1. The molecule has 2 aliphatic heterocycles. The molecule has 126 valence electrons. The summed E-state index contributed by atoms with van der Waals surface area (Å²) in [5, 5.41) is 0. The molecule has 3 heterocycles. The number of aromatic nitrogens is 1. The Bertz CT molecular complexity index is 725. The van der Waals surface area contributed by atoms with E-state index >= 15 is 0 Å². The van der Waals surface area contributed by atoms with Crippen LogP contribution in [0, 0.1) is 12.8 Å². The molecule has 3 aliphatic rings. The molecule has 23 heavy (non-hydrogen) atoms. The van der Waals surface area contributed by atoms with Crippen molar-refractivity contribution in [2.75, 3.05) is 24.6 Å². The van der Waals surface area contributed by atoms with E-state index in [4.69, 9.17) is 4.42 Å². The van der Waals surface area contributed by atoms with E-state index in [1.807, 2.05) is 4.90 Å². The van der Waals surface area contributed by atoms with Gasteiger partial charge in [-0.3, -0.25) is 9.69 Å². The molecule has 2 atom stereocenters. The number of carbonyl (C=O) groups is 1. The molecule has 1 aromatic heterocycles. The van der Waals surface area contributed by atoms with Gasteiger partial charge in [-0.1, -0.05) is 0 Å². The summed E-state index contributed by atoms with van der Waals surface area (Å²) in [6.07, 6.45) is 3.51. The van der Waals surface area contributed by atoms with E-state index in [2.05, 4.69) is 9.88 Å². The topological polar surface area (TPSA) is 83.7 Å². The highest BCUT2D eigenvalue weighted by atomic mass is 32.2. The van der Waals surface area contributed by atoms with Gasteiger partial charge in [0.2, 0.25) is 5.91 Å². The van der Waals surface area contributed by atoms with Crippen LogP contribution in [0.3, 0.4) is 0 Å². The zero-order chi connectivity index (χ0) is 16.2. The Morgan fingerprint density at radius 1 is 1.30 bits per heavy atom. The maximum atomic E-state index is 12.5. The lowest BCUT2D eigenvalue weighted by Crippen LogP contribution is -2.60. The lowest BCUT2D eigenvalue weighted by Gasteiger charge is -2.43. The first-order valence-corrected chi connectivity index (χ1v) is 9.91. The van der Waals surface area contributed by atoms with Crippen molar-refractivity contribution in [1.29, 1.82) is 0 Å². The smallest absolute Gasteiger partial charge is 0.226 e. The van der Waals surface area contributed by atoms with E-state index in [1.54, 1.807) is 13.2 Å². The molecule has 1 aromatic rings. The summed E-state index contributed by atoms with van der Waals surface area (Å²) < 4.78 is 29.5. The third-order valence-electron chi connectivity index (χ3n) is 5.03. The average Bonchev–Trinajstić information content (AvgIpc) is 3.17. The van der Waals surface area contributed by atoms with Crippen LogP contribution in [0.25, 0.3) is 0 Å². The Morgan fingerprint density at radius 2 is 2.04 bits per heavy atom. The second kappa shape index (κ2) is 5.31. The summed E-state index contributed by atoms with van der Waals surface area (Å²) in [6.45, 7) is 3.64. The second-order valence-corrected chi connectivity index (χ2v) is 9.00. The number of carbonyl (C=O) groups excluding carboxylic acids is 1. The van der Waals surface area contributed by atoms with Crippen LogP contribution in [0.5, 0.6) is 0 Å². The highest BCUT2D eigenvalue weighted by Gasteiger charge is 2.49. The van der Waals surface area contributed by atoms with Crippen LogP contribution in [-0.2, 0) is 21.2 Å². The summed E-state index contributed by atoms with van der Waals surface area (Å²) >= 11 is 0. The van der Waals surface area contributed by atoms with Gasteiger partial charge in [0.1, 0.15) is 6.26 Å². The van der Waals surface area contributed by atoms with Crippen LogP contribution in [0.2, 0.25) is 0 Å². The number of fused-ring (bicyclic) bond motifs is 1. The van der Waals surface area contributed by atoms with Crippen molar-refractivity contribution in [3.63, 3.8) is 0 Å². The summed E-state index contributed by atoms with van der Waals surface area (Å²) in [7, 11) is -3.10.